The molecule has 0 saturated carbocycles. The Morgan fingerprint density at radius 2 is 1.95 bits per heavy atom. The van der Waals surface area contributed by atoms with Gasteiger partial charge in [0.25, 0.3) is 5.56 Å². The van der Waals surface area contributed by atoms with E-state index >= 15 is 0 Å². The number of nitrogens with one attached hydrogen (secondary N) is 3. The maximum absolute atomic E-state index is 11.8. The molecule has 2 rings (SSSR count). The highest BCUT2D eigenvalue weighted by molar-refractivity contribution is 7.88. The Labute approximate surface area is 117 Å². The summed E-state index contributed by atoms with van der Waals surface area (Å²) in [4.78, 5) is 14.6. The van der Waals surface area contributed by atoms with Crippen molar-refractivity contribution < 1.29 is 8.42 Å². The molecule has 3 N–H and O–H groups in total. The molecule has 6 nitrogen and oxygen atoms in total. The Hall–Kier alpha value is -1.86. The van der Waals surface area contributed by atoms with Gasteiger partial charge in [-0.3, -0.25) is 4.79 Å². The fourth-order valence-electron chi connectivity index (χ4n) is 1.88. The second-order valence-electron chi connectivity index (χ2n) is 4.55. The molecule has 108 valence electrons. The quantitative estimate of drug-likeness (QED) is 0.690. The Kier molecular flexibility index (Phi) is 4.41. The van der Waals surface area contributed by atoms with Crippen LogP contribution in [0.3, 0.4) is 0 Å². The van der Waals surface area contributed by atoms with E-state index in [-0.39, 0.29) is 5.56 Å². The molecule has 0 amide bonds. The van der Waals surface area contributed by atoms with Gasteiger partial charge in [-0.2, -0.15) is 0 Å². The van der Waals surface area contributed by atoms with Gasteiger partial charge in [0.15, 0.2) is 0 Å². The van der Waals surface area contributed by atoms with Crippen LogP contribution in [0.4, 0.5) is 5.82 Å². The maximum atomic E-state index is 11.8. The zero-order chi connectivity index (χ0) is 14.6. The van der Waals surface area contributed by atoms with Gasteiger partial charge >= 0.3 is 0 Å². The van der Waals surface area contributed by atoms with Crippen LogP contribution in [0.5, 0.6) is 0 Å². The minimum Gasteiger partial charge on any atom is -0.371 e. The topological polar surface area (TPSA) is 91.1 Å². The number of hydrogen-bond donors (Lipinski definition) is 3. The molecule has 0 aliphatic rings. The largest absolute Gasteiger partial charge is 0.371 e. The predicted octanol–water partition coefficient (Wildman–Crippen LogP) is 0.879. The first-order valence-corrected chi connectivity index (χ1v) is 8.15. The first kappa shape index (κ1) is 14.5. The predicted molar refractivity (Wildman–Crippen MR) is 80.5 cm³/mol. The van der Waals surface area contributed by atoms with E-state index in [0.717, 1.165) is 11.6 Å². The maximum Gasteiger partial charge on any atom is 0.257 e. The normalized spacial score (nSPS) is 11.7. The number of anilines is 1. The molecule has 0 saturated heterocycles. The molecule has 0 spiro atoms. The molecule has 1 aromatic heterocycles. The molecular weight excluding hydrogens is 278 g/mol. The van der Waals surface area contributed by atoms with E-state index in [9.17, 15) is 13.2 Å². The van der Waals surface area contributed by atoms with Crippen molar-refractivity contribution in [3.8, 4) is 0 Å². The summed E-state index contributed by atoms with van der Waals surface area (Å²) in [5, 5.41) is 4.59. The zero-order valence-electron chi connectivity index (χ0n) is 11.1. The number of aromatic amines is 1. The van der Waals surface area contributed by atoms with Gasteiger partial charge in [0, 0.05) is 18.5 Å². The number of hydrogen-bond acceptors (Lipinski definition) is 4. The van der Waals surface area contributed by atoms with Crippen LogP contribution in [0.25, 0.3) is 10.8 Å². The van der Waals surface area contributed by atoms with Crippen molar-refractivity contribution in [3.63, 3.8) is 0 Å². The monoisotopic (exact) mass is 295 g/mol. The molecule has 0 bridgehead atoms. The lowest BCUT2D eigenvalue weighted by atomic mass is 10.2. The molecule has 0 aliphatic carbocycles. The van der Waals surface area contributed by atoms with Crippen molar-refractivity contribution in [2.45, 2.75) is 6.42 Å². The van der Waals surface area contributed by atoms with Crippen LogP contribution in [0, 0.1) is 0 Å². The van der Waals surface area contributed by atoms with Gasteiger partial charge in [-0.1, -0.05) is 18.2 Å². The highest BCUT2D eigenvalue weighted by Gasteiger charge is 2.01. The molecule has 1 heterocycles. The number of H-pyrrole nitrogens is 1. The fourth-order valence-corrected chi connectivity index (χ4v) is 2.39. The molecule has 0 atom stereocenters. The third-order valence-corrected chi connectivity index (χ3v) is 3.52. The molecule has 1 aromatic carbocycles. The first-order valence-electron chi connectivity index (χ1n) is 6.26. The van der Waals surface area contributed by atoms with Crippen LogP contribution in [0.1, 0.15) is 6.42 Å². The minimum absolute atomic E-state index is 0.139. The fraction of sp³-hybridized carbons (Fsp3) is 0.308. The lowest BCUT2D eigenvalue weighted by Gasteiger charge is -2.07. The molecular formula is C13H17N3O3S. The molecule has 0 radical (unpaired) electrons. The van der Waals surface area contributed by atoms with Crippen LogP contribution in [0.2, 0.25) is 0 Å². The number of sulfonamides is 1. The van der Waals surface area contributed by atoms with Crippen molar-refractivity contribution in [2.24, 2.45) is 0 Å². The summed E-state index contributed by atoms with van der Waals surface area (Å²) in [6, 6.07) is 9.21. The van der Waals surface area contributed by atoms with Gasteiger partial charge in [-0.15, -0.1) is 0 Å². The van der Waals surface area contributed by atoms with Gasteiger partial charge < -0.3 is 10.3 Å². The lowest BCUT2D eigenvalue weighted by Crippen LogP contribution is -2.24. The number of rotatable bonds is 6. The van der Waals surface area contributed by atoms with E-state index in [0.29, 0.717) is 30.7 Å². The Bertz CT molecular complexity index is 753. The third-order valence-electron chi connectivity index (χ3n) is 2.79. The molecule has 2 aromatic rings. The third kappa shape index (κ3) is 4.07. The van der Waals surface area contributed by atoms with Gasteiger partial charge in [-0.05, 0) is 23.9 Å². The highest BCUT2D eigenvalue weighted by atomic mass is 32.2. The second kappa shape index (κ2) is 6.06. The van der Waals surface area contributed by atoms with Crippen molar-refractivity contribution in [3.05, 3.63) is 40.7 Å². The van der Waals surface area contributed by atoms with Gasteiger partial charge in [0.2, 0.25) is 10.0 Å². The van der Waals surface area contributed by atoms with Crippen molar-refractivity contribution in [1.82, 2.24) is 9.71 Å². The van der Waals surface area contributed by atoms with Gasteiger partial charge in [-0.25, -0.2) is 13.1 Å². The highest BCUT2D eigenvalue weighted by Crippen LogP contribution is 2.12. The van der Waals surface area contributed by atoms with Crippen molar-refractivity contribution >= 4 is 26.6 Å². The Morgan fingerprint density at radius 1 is 1.20 bits per heavy atom. The van der Waals surface area contributed by atoms with Crippen molar-refractivity contribution in [2.75, 3.05) is 24.7 Å². The average molecular weight is 295 g/mol. The Morgan fingerprint density at radius 3 is 2.70 bits per heavy atom. The van der Waals surface area contributed by atoms with E-state index in [1.54, 1.807) is 6.07 Å². The van der Waals surface area contributed by atoms with E-state index in [1.165, 1.54) is 0 Å². The summed E-state index contributed by atoms with van der Waals surface area (Å²) in [7, 11) is -3.14. The van der Waals surface area contributed by atoms with E-state index < -0.39 is 10.0 Å². The second-order valence-corrected chi connectivity index (χ2v) is 6.38. The SMILES string of the molecule is CS(=O)(=O)NCCCNc1cc2ccccc2c(=O)[nH]1. The van der Waals surface area contributed by atoms with Crippen LogP contribution in [-0.4, -0.2) is 32.7 Å². The van der Waals surface area contributed by atoms with E-state index in [4.69, 9.17) is 0 Å². The molecule has 0 fully saturated rings. The standard InChI is InChI=1S/C13H17N3O3S/c1-20(18,19)15-8-4-7-14-12-9-10-5-2-3-6-11(10)13(17)16-12/h2-3,5-6,9,15H,4,7-8H2,1H3,(H2,14,16,17). The van der Waals surface area contributed by atoms with Crippen LogP contribution in [-0.2, 0) is 10.0 Å². The van der Waals surface area contributed by atoms with Crippen LogP contribution >= 0.6 is 0 Å². The van der Waals surface area contributed by atoms with E-state index in [2.05, 4.69) is 15.0 Å². The molecule has 0 unspecified atom stereocenters. The zero-order valence-corrected chi connectivity index (χ0v) is 12.0. The molecule has 7 heteroatoms. The summed E-state index contributed by atoms with van der Waals surface area (Å²) in [6.45, 7) is 0.931. The summed E-state index contributed by atoms with van der Waals surface area (Å²) in [5.74, 6) is 0.632. The number of benzene rings is 1. The van der Waals surface area contributed by atoms with Crippen LogP contribution in [0.15, 0.2) is 35.1 Å². The number of pyridine rings is 1. The van der Waals surface area contributed by atoms with Gasteiger partial charge in [0.1, 0.15) is 5.82 Å². The smallest absolute Gasteiger partial charge is 0.257 e. The lowest BCUT2D eigenvalue weighted by molar-refractivity contribution is 0.586. The average Bonchev–Trinajstić information content (AvgIpc) is 2.37. The summed E-state index contributed by atoms with van der Waals surface area (Å²) >= 11 is 0. The van der Waals surface area contributed by atoms with E-state index in [1.807, 2.05) is 24.3 Å². The van der Waals surface area contributed by atoms with Gasteiger partial charge in [0.05, 0.1) is 6.26 Å². The summed E-state index contributed by atoms with van der Waals surface area (Å²) < 4.78 is 24.2. The molecule has 0 aliphatic heterocycles. The van der Waals surface area contributed by atoms with Crippen LogP contribution < -0.4 is 15.6 Å². The number of fused-ring (bicyclic) bond motifs is 1. The summed E-state index contributed by atoms with van der Waals surface area (Å²) in [5.41, 5.74) is -0.139. The summed E-state index contributed by atoms with van der Waals surface area (Å²) in [6.07, 6.45) is 1.75. The number of aromatic nitrogens is 1. The van der Waals surface area contributed by atoms with Crippen molar-refractivity contribution in [1.29, 1.82) is 0 Å². The Balaban J connectivity index is 1.95. The molecule has 20 heavy (non-hydrogen) atoms. The first-order chi connectivity index (χ1) is 9.46. The minimum atomic E-state index is -3.14.